The maximum atomic E-state index is 7.21. The highest BCUT2D eigenvalue weighted by Crippen LogP contribution is 2.45. The van der Waals surface area contributed by atoms with Crippen LogP contribution < -0.4 is 46.3 Å². The van der Waals surface area contributed by atoms with E-state index in [2.05, 4.69) is 268 Å². The molecule has 0 bridgehead atoms. The molecular formula is C65H53N4OPSi. The van der Waals surface area contributed by atoms with Crippen LogP contribution in [0.1, 0.15) is 26.3 Å². The zero-order chi connectivity index (χ0) is 48.7. The first-order valence-corrected chi connectivity index (χ1v) is 28.6. The third-order valence-corrected chi connectivity index (χ3v) is 22.6. The maximum Gasteiger partial charge on any atom is 0.182 e. The van der Waals surface area contributed by atoms with Gasteiger partial charge in [-0.15, -0.1) is 0 Å². The van der Waals surface area contributed by atoms with Crippen molar-refractivity contribution in [3.8, 4) is 39.6 Å². The number of nitrogens with zero attached hydrogens (tertiary/aromatic N) is 3. The Morgan fingerprint density at radius 1 is 0.542 bits per heavy atom. The van der Waals surface area contributed by atoms with Crippen LogP contribution in [0.25, 0.3) is 49.9 Å². The van der Waals surface area contributed by atoms with E-state index < -0.39 is 16.0 Å². The van der Waals surface area contributed by atoms with Crippen LogP contribution >= 0.6 is 7.92 Å². The highest BCUT2D eigenvalue weighted by atomic mass is 31.1. The Morgan fingerprint density at radius 2 is 1.14 bits per heavy atom. The molecule has 0 atom stereocenters. The number of pyridine rings is 1. The molecule has 2 aliphatic rings. The molecule has 5 nitrogen and oxygen atoms in total. The van der Waals surface area contributed by atoms with Crippen molar-refractivity contribution in [2.75, 3.05) is 23.9 Å². The number of aromatic nitrogens is 2. The Balaban J connectivity index is 0.943. The molecule has 0 aliphatic carbocycles. The second-order valence-corrected chi connectivity index (χ2v) is 25.9. The number of anilines is 4. The highest BCUT2D eigenvalue weighted by Gasteiger charge is 2.53. The van der Waals surface area contributed by atoms with Gasteiger partial charge in [0.25, 0.3) is 0 Å². The second-order valence-electron chi connectivity index (χ2n) is 20.2. The number of para-hydroxylation sites is 3. The average molecular weight is 965 g/mol. The van der Waals surface area contributed by atoms with Crippen LogP contribution in [0.4, 0.5) is 22.7 Å². The summed E-state index contributed by atoms with van der Waals surface area (Å²) in [6, 6.07) is 79.7. The van der Waals surface area contributed by atoms with Gasteiger partial charge in [-0.25, -0.2) is 4.98 Å². The van der Waals surface area contributed by atoms with Gasteiger partial charge in [0, 0.05) is 53.0 Å². The van der Waals surface area contributed by atoms with E-state index in [9.17, 15) is 0 Å². The van der Waals surface area contributed by atoms with Gasteiger partial charge >= 0.3 is 0 Å². The standard InChI is InChI=1S/C65H53N4OPSi/c1-65(2,3)45-37-38-66-61(39-45)69-53-31-20-36-59-62(53)63-54(69)41-48(42-60(63)72(59)57-34-16-14-32-55(57)71(5)56-33-15-17-35-58(56)72)70-47-26-18-25-46(40-47)67-51-29-12-13-30-52(51)68(4)64-49(43-21-8-6-9-22-43)27-19-28-50(64)44-23-10-7-11-24-44/h6-42,67H,1-5H3. The number of nitrogens with one attached hydrogen (secondary N) is 1. The predicted octanol–water partition coefficient (Wildman–Crippen LogP) is 13.2. The second kappa shape index (κ2) is 17.1. The van der Waals surface area contributed by atoms with Gasteiger partial charge in [-0.05, 0) is 117 Å². The lowest BCUT2D eigenvalue weighted by atomic mass is 9.88. The van der Waals surface area contributed by atoms with E-state index in [4.69, 9.17) is 9.72 Å². The SMILES string of the molecule is CN(c1ccccc1Nc1cccc(Oc2cc3c4c5c(cccc5n(-c5cc(C(C)(C)C)ccn5)c4c2)[Si]32c3ccccc3P(C)c3ccccc32)c1)c1c(-c2ccccc2)cccc1-c1ccccc1. The van der Waals surface area contributed by atoms with Crippen molar-refractivity contribution in [1.82, 2.24) is 9.55 Å². The van der Waals surface area contributed by atoms with Gasteiger partial charge < -0.3 is 15.0 Å². The Labute approximate surface area is 423 Å². The molecule has 2 aromatic heterocycles. The summed E-state index contributed by atoms with van der Waals surface area (Å²) in [5.74, 6) is 2.48. The molecule has 0 saturated carbocycles. The van der Waals surface area contributed by atoms with E-state index in [1.807, 2.05) is 6.20 Å². The first-order chi connectivity index (χ1) is 35.2. The summed E-state index contributed by atoms with van der Waals surface area (Å²) < 4.78 is 9.60. The molecule has 0 radical (unpaired) electrons. The Kier molecular flexibility index (Phi) is 10.4. The molecule has 348 valence electrons. The molecule has 9 aromatic carbocycles. The van der Waals surface area contributed by atoms with E-state index in [0.717, 1.165) is 56.7 Å². The first-order valence-electron chi connectivity index (χ1n) is 24.8. The van der Waals surface area contributed by atoms with Gasteiger partial charge in [-0.2, -0.15) is 0 Å². The van der Waals surface area contributed by atoms with Gasteiger partial charge in [0.1, 0.15) is 17.3 Å². The fourth-order valence-electron chi connectivity index (χ4n) is 11.8. The molecule has 11 aromatic rings. The zero-order valence-corrected chi connectivity index (χ0v) is 43.0. The number of benzene rings is 9. The zero-order valence-electron chi connectivity index (χ0n) is 41.1. The van der Waals surface area contributed by atoms with Gasteiger partial charge in [-0.1, -0.05) is 178 Å². The maximum absolute atomic E-state index is 7.21. The normalized spacial score (nSPS) is 15.5. The predicted molar refractivity (Wildman–Crippen MR) is 308 cm³/mol. The summed E-state index contributed by atoms with van der Waals surface area (Å²) in [5, 5.41) is 15.3. The Morgan fingerprint density at radius 3 is 1.83 bits per heavy atom. The number of hydrogen-bond donors (Lipinski definition) is 1. The summed E-state index contributed by atoms with van der Waals surface area (Å²) in [7, 11) is -1.21. The molecule has 1 spiro atoms. The number of fused-ring (bicyclic) bond motifs is 6. The monoisotopic (exact) mass is 964 g/mol. The summed E-state index contributed by atoms with van der Waals surface area (Å²) >= 11 is 0. The van der Waals surface area contributed by atoms with Gasteiger partial charge in [0.15, 0.2) is 8.07 Å². The first kappa shape index (κ1) is 44.0. The third-order valence-electron chi connectivity index (χ3n) is 15.0. The van der Waals surface area contributed by atoms with Crippen molar-refractivity contribution in [3.05, 3.63) is 230 Å². The van der Waals surface area contributed by atoms with Crippen LogP contribution in [0.5, 0.6) is 11.5 Å². The van der Waals surface area contributed by atoms with Crippen LogP contribution in [0.2, 0.25) is 0 Å². The van der Waals surface area contributed by atoms with Crippen LogP contribution in [-0.4, -0.2) is 31.3 Å². The quantitative estimate of drug-likeness (QED) is 0.116. The fraction of sp³-hybridized carbons (Fsp3) is 0.0923. The van der Waals surface area contributed by atoms with Crippen LogP contribution in [0.3, 0.4) is 0 Å². The molecule has 1 N–H and O–H groups in total. The molecule has 72 heavy (non-hydrogen) atoms. The number of ether oxygens (including phenoxy) is 1. The van der Waals surface area contributed by atoms with E-state index in [1.165, 1.54) is 64.3 Å². The molecule has 0 saturated heterocycles. The lowest BCUT2D eigenvalue weighted by Crippen LogP contribution is -2.79. The molecule has 2 aliphatic heterocycles. The summed E-state index contributed by atoms with van der Waals surface area (Å²) in [6.07, 6.45) is 1.97. The van der Waals surface area contributed by atoms with Crippen LogP contribution in [0, 0.1) is 0 Å². The van der Waals surface area contributed by atoms with Crippen molar-refractivity contribution in [3.63, 3.8) is 0 Å². The van der Waals surface area contributed by atoms with Gasteiger partial charge in [0.2, 0.25) is 0 Å². The van der Waals surface area contributed by atoms with Crippen molar-refractivity contribution in [2.24, 2.45) is 0 Å². The summed E-state index contributed by atoms with van der Waals surface area (Å²) in [4.78, 5) is 7.42. The van der Waals surface area contributed by atoms with E-state index in [0.29, 0.717) is 0 Å². The van der Waals surface area contributed by atoms with Crippen molar-refractivity contribution in [1.29, 1.82) is 0 Å². The molecule has 13 rings (SSSR count). The number of rotatable bonds is 9. The van der Waals surface area contributed by atoms with Gasteiger partial charge in [-0.3, -0.25) is 4.57 Å². The summed E-state index contributed by atoms with van der Waals surface area (Å²) in [6.45, 7) is 9.25. The minimum absolute atomic E-state index is 0.0458. The average Bonchev–Trinajstić information content (AvgIpc) is 3.93. The Hall–Kier alpha value is -8.02. The molecule has 7 heteroatoms. The smallest absolute Gasteiger partial charge is 0.182 e. The highest BCUT2D eigenvalue weighted by molar-refractivity contribution is 7.74. The molecular weight excluding hydrogens is 912 g/mol. The van der Waals surface area contributed by atoms with Crippen LogP contribution in [-0.2, 0) is 5.41 Å². The minimum atomic E-state index is -2.84. The van der Waals surface area contributed by atoms with E-state index in [1.54, 1.807) is 0 Å². The van der Waals surface area contributed by atoms with Crippen LogP contribution in [0.15, 0.2) is 225 Å². The van der Waals surface area contributed by atoms with Crippen molar-refractivity contribution < 1.29 is 4.74 Å². The lowest BCUT2D eigenvalue weighted by molar-refractivity contribution is 0.484. The molecule has 0 fully saturated rings. The number of hydrogen-bond acceptors (Lipinski definition) is 4. The lowest BCUT2D eigenvalue weighted by Gasteiger charge is -2.41. The van der Waals surface area contributed by atoms with Crippen molar-refractivity contribution >= 4 is 91.9 Å². The molecule has 4 heterocycles. The van der Waals surface area contributed by atoms with Crippen molar-refractivity contribution in [2.45, 2.75) is 26.2 Å². The summed E-state index contributed by atoms with van der Waals surface area (Å²) in [5.41, 5.74) is 12.3. The topological polar surface area (TPSA) is 42.3 Å². The fourth-order valence-corrected chi connectivity index (χ4v) is 20.9. The third kappa shape index (κ3) is 6.88. The minimum Gasteiger partial charge on any atom is -0.457 e. The molecule has 0 unspecified atom stereocenters. The largest absolute Gasteiger partial charge is 0.457 e. The van der Waals surface area contributed by atoms with E-state index in [-0.39, 0.29) is 5.41 Å². The Bertz CT molecular complexity index is 3810. The van der Waals surface area contributed by atoms with Gasteiger partial charge in [0.05, 0.1) is 28.1 Å². The van der Waals surface area contributed by atoms with E-state index >= 15 is 0 Å². The molecule has 0 amide bonds.